The van der Waals surface area contributed by atoms with Crippen LogP contribution in [0, 0.1) is 0 Å². The Bertz CT molecular complexity index is 440. The molecule has 124 valence electrons. The first-order chi connectivity index (χ1) is 10.7. The van der Waals surface area contributed by atoms with Crippen LogP contribution in [0.2, 0.25) is 0 Å². The number of unbranched alkanes of at least 4 members (excludes halogenated alkanes) is 7. The Kier molecular flexibility index (Phi) is 9.36. The van der Waals surface area contributed by atoms with E-state index in [1.54, 1.807) is 13.0 Å². The average Bonchev–Trinajstić information content (AvgIpc) is 2.51. The fraction of sp³-hybridized carbons (Fsp3) is 0.632. The van der Waals surface area contributed by atoms with E-state index in [1.165, 1.54) is 44.9 Å². The molecule has 1 aromatic carbocycles. The summed E-state index contributed by atoms with van der Waals surface area (Å²) in [5.41, 5.74) is 1.12. The first-order valence-electron chi connectivity index (χ1n) is 8.68. The van der Waals surface area contributed by atoms with Crippen molar-refractivity contribution in [3.63, 3.8) is 0 Å². The lowest BCUT2D eigenvalue weighted by atomic mass is 10.0. The zero-order valence-electron chi connectivity index (χ0n) is 14.1. The second-order valence-corrected chi connectivity index (χ2v) is 5.76. The first-order valence-corrected chi connectivity index (χ1v) is 8.68. The summed E-state index contributed by atoms with van der Waals surface area (Å²) in [6.07, 6.45) is 10.9. The summed E-state index contributed by atoms with van der Waals surface area (Å²) >= 11 is 0. The lowest BCUT2D eigenvalue weighted by Gasteiger charge is -2.09. The van der Waals surface area contributed by atoms with Gasteiger partial charge < -0.3 is 9.84 Å². The van der Waals surface area contributed by atoms with Crippen molar-refractivity contribution in [2.24, 2.45) is 0 Å². The van der Waals surface area contributed by atoms with E-state index in [-0.39, 0.29) is 11.3 Å². The van der Waals surface area contributed by atoms with Gasteiger partial charge in [0.05, 0.1) is 6.61 Å². The van der Waals surface area contributed by atoms with Gasteiger partial charge in [-0.3, -0.25) is 0 Å². The highest BCUT2D eigenvalue weighted by Crippen LogP contribution is 2.25. The number of hydrogen-bond acceptors (Lipinski definition) is 3. The Labute approximate surface area is 134 Å². The molecule has 0 unspecified atom stereocenters. The highest BCUT2D eigenvalue weighted by atomic mass is 16.5. The Balaban J connectivity index is 2.34. The molecule has 1 aromatic rings. The average molecular weight is 306 g/mol. The molecule has 3 nitrogen and oxygen atoms in total. The first kappa shape index (κ1) is 18.5. The molecule has 22 heavy (non-hydrogen) atoms. The molecule has 0 saturated heterocycles. The largest absolute Gasteiger partial charge is 0.507 e. The maximum atomic E-state index is 11.7. The zero-order valence-corrected chi connectivity index (χ0v) is 14.1. The standard InChI is InChI=1S/C19H30O3/c1-3-5-6-7-8-9-10-11-13-16-14-12-15-17(18(16)20)19(21)22-4-2/h12,14-15,20H,3-11,13H2,1-2H3. The van der Waals surface area contributed by atoms with Crippen LogP contribution in [0.5, 0.6) is 5.75 Å². The number of carbonyl (C=O) groups excluding carboxylic acids is 1. The minimum Gasteiger partial charge on any atom is -0.507 e. The molecule has 0 amide bonds. The van der Waals surface area contributed by atoms with Gasteiger partial charge in [0, 0.05) is 0 Å². The van der Waals surface area contributed by atoms with Gasteiger partial charge in [-0.05, 0) is 31.4 Å². The normalized spacial score (nSPS) is 10.6. The maximum Gasteiger partial charge on any atom is 0.341 e. The van der Waals surface area contributed by atoms with Crippen molar-refractivity contribution in [3.8, 4) is 5.75 Å². The van der Waals surface area contributed by atoms with Crippen molar-refractivity contribution in [3.05, 3.63) is 29.3 Å². The molecule has 1 N–H and O–H groups in total. The van der Waals surface area contributed by atoms with Crippen LogP contribution >= 0.6 is 0 Å². The van der Waals surface area contributed by atoms with Crippen molar-refractivity contribution < 1.29 is 14.6 Å². The molecule has 0 heterocycles. The number of aromatic hydroxyl groups is 1. The predicted octanol–water partition coefficient (Wildman–Crippen LogP) is 5.25. The smallest absolute Gasteiger partial charge is 0.341 e. The number of phenols is 1. The Morgan fingerprint density at radius 2 is 1.64 bits per heavy atom. The van der Waals surface area contributed by atoms with Crippen molar-refractivity contribution in [2.45, 2.75) is 71.6 Å². The molecule has 0 aliphatic heterocycles. The van der Waals surface area contributed by atoms with Crippen molar-refractivity contribution in [1.29, 1.82) is 0 Å². The van der Waals surface area contributed by atoms with E-state index in [0.29, 0.717) is 6.61 Å². The van der Waals surface area contributed by atoms with E-state index in [2.05, 4.69) is 6.92 Å². The van der Waals surface area contributed by atoms with Gasteiger partial charge >= 0.3 is 5.97 Å². The van der Waals surface area contributed by atoms with Gasteiger partial charge in [0.1, 0.15) is 11.3 Å². The minimum atomic E-state index is -0.447. The van der Waals surface area contributed by atoms with Gasteiger partial charge in [-0.1, -0.05) is 64.0 Å². The highest BCUT2D eigenvalue weighted by Gasteiger charge is 2.14. The van der Waals surface area contributed by atoms with Crippen LogP contribution in [-0.4, -0.2) is 17.7 Å². The van der Waals surface area contributed by atoms with E-state index < -0.39 is 5.97 Å². The molecule has 3 heteroatoms. The molecule has 0 fully saturated rings. The summed E-state index contributed by atoms with van der Waals surface area (Å²) in [7, 11) is 0. The predicted molar refractivity (Wildman–Crippen MR) is 90.4 cm³/mol. The molecule has 0 atom stereocenters. The molecule has 0 aliphatic carbocycles. The second kappa shape index (κ2) is 11.1. The summed E-state index contributed by atoms with van der Waals surface area (Å²) < 4.78 is 4.95. The Hall–Kier alpha value is -1.51. The van der Waals surface area contributed by atoms with Crippen molar-refractivity contribution in [2.75, 3.05) is 6.61 Å². The maximum absolute atomic E-state index is 11.7. The van der Waals surface area contributed by atoms with Gasteiger partial charge in [0.2, 0.25) is 0 Å². The quantitative estimate of drug-likeness (QED) is 0.448. The van der Waals surface area contributed by atoms with Crippen LogP contribution in [0.25, 0.3) is 0 Å². The summed E-state index contributed by atoms with van der Waals surface area (Å²) in [6, 6.07) is 5.32. The molecular weight excluding hydrogens is 276 g/mol. The lowest BCUT2D eigenvalue weighted by Crippen LogP contribution is -2.05. The number of carbonyl (C=O) groups is 1. The summed E-state index contributed by atoms with van der Waals surface area (Å²) in [6.45, 7) is 4.32. The van der Waals surface area contributed by atoms with Gasteiger partial charge in [-0.25, -0.2) is 4.79 Å². The Morgan fingerprint density at radius 3 is 2.27 bits per heavy atom. The topological polar surface area (TPSA) is 46.5 Å². The highest BCUT2D eigenvalue weighted by molar-refractivity contribution is 5.92. The number of phenolic OH excluding ortho intramolecular Hbond substituents is 1. The monoisotopic (exact) mass is 306 g/mol. The van der Waals surface area contributed by atoms with E-state index in [4.69, 9.17) is 4.74 Å². The molecule has 1 rings (SSSR count). The summed E-state index contributed by atoms with van der Waals surface area (Å²) in [5.74, 6) is -0.360. The fourth-order valence-corrected chi connectivity index (χ4v) is 2.62. The number of para-hydroxylation sites is 1. The number of benzene rings is 1. The van der Waals surface area contributed by atoms with Gasteiger partial charge in [0.25, 0.3) is 0 Å². The summed E-state index contributed by atoms with van der Waals surface area (Å²) in [5, 5.41) is 10.2. The van der Waals surface area contributed by atoms with Crippen LogP contribution in [0.1, 0.15) is 81.1 Å². The minimum absolute atomic E-state index is 0.0869. The van der Waals surface area contributed by atoms with Crippen molar-refractivity contribution >= 4 is 5.97 Å². The molecule has 0 aliphatic rings. The van der Waals surface area contributed by atoms with E-state index in [0.717, 1.165) is 18.4 Å². The van der Waals surface area contributed by atoms with Gasteiger partial charge in [-0.15, -0.1) is 0 Å². The van der Waals surface area contributed by atoms with Crippen LogP contribution in [-0.2, 0) is 11.2 Å². The van der Waals surface area contributed by atoms with Crippen LogP contribution in [0.15, 0.2) is 18.2 Å². The third-order valence-corrected chi connectivity index (χ3v) is 3.91. The van der Waals surface area contributed by atoms with Crippen molar-refractivity contribution in [1.82, 2.24) is 0 Å². The van der Waals surface area contributed by atoms with Gasteiger partial charge in [0.15, 0.2) is 0 Å². The van der Waals surface area contributed by atoms with Gasteiger partial charge in [-0.2, -0.15) is 0 Å². The number of aryl methyl sites for hydroxylation is 1. The SMILES string of the molecule is CCCCCCCCCCc1cccc(C(=O)OCC)c1O. The molecule has 0 spiro atoms. The molecular formula is C19H30O3. The zero-order chi connectivity index (χ0) is 16.2. The number of ether oxygens (including phenoxy) is 1. The molecule has 0 saturated carbocycles. The van der Waals surface area contributed by atoms with Crippen LogP contribution < -0.4 is 0 Å². The molecule has 0 bridgehead atoms. The number of esters is 1. The van der Waals surface area contributed by atoms with E-state index >= 15 is 0 Å². The second-order valence-electron chi connectivity index (χ2n) is 5.76. The fourth-order valence-electron chi connectivity index (χ4n) is 2.62. The third-order valence-electron chi connectivity index (χ3n) is 3.91. The Morgan fingerprint density at radius 1 is 1.00 bits per heavy atom. The number of hydrogen-bond donors (Lipinski definition) is 1. The van der Waals surface area contributed by atoms with E-state index in [9.17, 15) is 9.90 Å². The van der Waals surface area contributed by atoms with E-state index in [1.807, 2.05) is 12.1 Å². The molecule has 0 aromatic heterocycles. The van der Waals surface area contributed by atoms with Crippen LogP contribution in [0.4, 0.5) is 0 Å². The molecule has 0 radical (unpaired) electrons. The number of rotatable bonds is 11. The third kappa shape index (κ3) is 6.50. The van der Waals surface area contributed by atoms with Crippen LogP contribution in [0.3, 0.4) is 0 Å². The lowest BCUT2D eigenvalue weighted by molar-refractivity contribution is 0.0523. The summed E-state index contributed by atoms with van der Waals surface area (Å²) in [4.78, 5) is 11.7.